The largest absolute Gasteiger partial charge is 0.418 e. The van der Waals surface area contributed by atoms with Crippen LogP contribution < -0.4 is 10.5 Å². The minimum absolute atomic E-state index is 0.242. The molecule has 0 amide bonds. The average molecular weight is 445 g/mol. The summed E-state index contributed by atoms with van der Waals surface area (Å²) in [5.41, 5.74) is 2.20. The molecule has 1 aromatic carbocycles. The molecule has 0 radical (unpaired) electrons. The van der Waals surface area contributed by atoms with Gasteiger partial charge in [0, 0.05) is 24.3 Å². The van der Waals surface area contributed by atoms with E-state index in [0.717, 1.165) is 60.4 Å². The molecule has 32 heavy (non-hydrogen) atoms. The van der Waals surface area contributed by atoms with E-state index in [-0.39, 0.29) is 5.69 Å². The molecule has 0 unspecified atom stereocenters. The van der Waals surface area contributed by atoms with E-state index < -0.39 is 23.4 Å². The lowest BCUT2D eigenvalue weighted by molar-refractivity contribution is -0.137. The zero-order chi connectivity index (χ0) is 22.5. The third kappa shape index (κ3) is 3.74. The highest BCUT2D eigenvalue weighted by Crippen LogP contribution is 2.37. The van der Waals surface area contributed by atoms with Crippen molar-refractivity contribution in [2.45, 2.75) is 63.6 Å². The first-order valence-electron chi connectivity index (χ1n) is 11.3. The first kappa shape index (κ1) is 21.2. The lowest BCUT2D eigenvalue weighted by Gasteiger charge is -2.22. The molecule has 5 nitrogen and oxygen atoms in total. The van der Waals surface area contributed by atoms with Crippen LogP contribution in [0.25, 0.3) is 11.3 Å². The summed E-state index contributed by atoms with van der Waals surface area (Å²) in [6.45, 7) is 0.909. The first-order chi connectivity index (χ1) is 15.3. The summed E-state index contributed by atoms with van der Waals surface area (Å²) < 4.78 is 42.9. The maximum atomic E-state index is 14.0. The van der Waals surface area contributed by atoms with Crippen molar-refractivity contribution < 1.29 is 18.3 Å². The van der Waals surface area contributed by atoms with Gasteiger partial charge in [-0.3, -0.25) is 4.79 Å². The van der Waals surface area contributed by atoms with Gasteiger partial charge in [-0.25, -0.2) is 0 Å². The number of β-amino-alcohol motifs (C(OH)–C–C–N with tert-alkyl or cyclic N) is 1. The lowest BCUT2D eigenvalue weighted by Crippen LogP contribution is -2.29. The molecule has 2 aromatic rings. The lowest BCUT2D eigenvalue weighted by atomic mass is 9.94. The van der Waals surface area contributed by atoms with Crippen LogP contribution in [0.1, 0.15) is 60.9 Å². The van der Waals surface area contributed by atoms with Crippen LogP contribution in [0.3, 0.4) is 0 Å². The molecule has 1 saturated heterocycles. The van der Waals surface area contributed by atoms with E-state index in [1.165, 1.54) is 12.1 Å². The molecular weight excluding hydrogens is 419 g/mol. The Hall–Kier alpha value is -2.61. The molecule has 2 aliphatic carbocycles. The highest BCUT2D eigenvalue weighted by molar-refractivity contribution is 5.67. The molecule has 0 bridgehead atoms. The first-order valence-corrected chi connectivity index (χ1v) is 11.3. The quantitative estimate of drug-likeness (QED) is 0.767. The molecule has 0 saturated carbocycles. The highest BCUT2D eigenvalue weighted by Gasteiger charge is 2.36. The molecule has 1 atom stereocenters. The van der Waals surface area contributed by atoms with Gasteiger partial charge in [0.15, 0.2) is 0 Å². The monoisotopic (exact) mass is 445 g/mol. The number of aromatic nitrogens is 2. The minimum Gasteiger partial charge on any atom is -0.391 e. The van der Waals surface area contributed by atoms with Gasteiger partial charge < -0.3 is 10.0 Å². The Labute approximate surface area is 184 Å². The number of aliphatic hydroxyl groups is 1. The number of hydrogen-bond acceptors (Lipinski definition) is 4. The molecule has 1 aliphatic heterocycles. The SMILES string of the molecule is O=c1c2c(c(C3=CCCCC3)nn1-c1cc(N3CC[C@H](O)C3)ccc1C(F)(F)F)CCC2. The van der Waals surface area contributed by atoms with Gasteiger partial charge in [0.1, 0.15) is 0 Å². The highest BCUT2D eigenvalue weighted by atomic mass is 19.4. The number of allylic oxidation sites excluding steroid dienone is 2. The molecule has 1 aromatic heterocycles. The second-order valence-corrected chi connectivity index (χ2v) is 8.94. The number of benzene rings is 1. The summed E-state index contributed by atoms with van der Waals surface area (Å²) in [5.74, 6) is 0. The van der Waals surface area contributed by atoms with Crippen molar-refractivity contribution in [3.63, 3.8) is 0 Å². The number of alkyl halides is 3. The summed E-state index contributed by atoms with van der Waals surface area (Å²) in [6, 6.07) is 3.83. The van der Waals surface area contributed by atoms with Crippen LogP contribution in [-0.4, -0.2) is 34.1 Å². The number of anilines is 1. The molecule has 1 N–H and O–H groups in total. The van der Waals surface area contributed by atoms with E-state index in [4.69, 9.17) is 0 Å². The van der Waals surface area contributed by atoms with E-state index in [9.17, 15) is 23.1 Å². The van der Waals surface area contributed by atoms with E-state index in [1.54, 1.807) is 0 Å². The summed E-state index contributed by atoms with van der Waals surface area (Å²) in [6.07, 6.45) is 3.52. The van der Waals surface area contributed by atoms with E-state index in [2.05, 4.69) is 11.2 Å². The molecule has 170 valence electrons. The van der Waals surface area contributed by atoms with Gasteiger partial charge >= 0.3 is 6.18 Å². The van der Waals surface area contributed by atoms with Crippen molar-refractivity contribution in [1.82, 2.24) is 9.78 Å². The maximum Gasteiger partial charge on any atom is 0.418 e. The third-order valence-corrected chi connectivity index (χ3v) is 6.79. The van der Waals surface area contributed by atoms with Gasteiger partial charge in [0.05, 0.1) is 23.0 Å². The van der Waals surface area contributed by atoms with Gasteiger partial charge in [0.2, 0.25) is 0 Å². The fraction of sp³-hybridized carbons (Fsp3) is 0.500. The number of halogens is 3. The van der Waals surface area contributed by atoms with Crippen molar-refractivity contribution in [2.75, 3.05) is 18.0 Å². The third-order valence-electron chi connectivity index (χ3n) is 6.79. The van der Waals surface area contributed by atoms with Crippen molar-refractivity contribution in [3.05, 3.63) is 57.0 Å². The predicted molar refractivity (Wildman–Crippen MR) is 116 cm³/mol. The van der Waals surface area contributed by atoms with E-state index in [0.29, 0.717) is 42.9 Å². The van der Waals surface area contributed by atoms with Gasteiger partial charge in [-0.05, 0) is 80.7 Å². The van der Waals surface area contributed by atoms with Crippen molar-refractivity contribution >= 4 is 11.3 Å². The summed E-state index contributed by atoms with van der Waals surface area (Å²) in [5, 5.41) is 14.4. The Kier molecular flexibility index (Phi) is 5.35. The van der Waals surface area contributed by atoms with Gasteiger partial charge in [-0.2, -0.15) is 23.0 Å². The number of fused-ring (bicyclic) bond motifs is 1. The van der Waals surface area contributed by atoms with Gasteiger partial charge in [-0.1, -0.05) is 6.08 Å². The number of nitrogens with zero attached hydrogens (tertiary/aromatic N) is 3. The molecule has 1 fully saturated rings. The van der Waals surface area contributed by atoms with Crippen molar-refractivity contribution in [3.8, 4) is 5.69 Å². The van der Waals surface area contributed by atoms with E-state index >= 15 is 0 Å². The van der Waals surface area contributed by atoms with Crippen molar-refractivity contribution in [2.24, 2.45) is 0 Å². The summed E-state index contributed by atoms with van der Waals surface area (Å²) in [4.78, 5) is 15.2. The zero-order valence-corrected chi connectivity index (χ0v) is 17.8. The van der Waals surface area contributed by atoms with Crippen LogP contribution in [0, 0.1) is 0 Å². The topological polar surface area (TPSA) is 58.4 Å². The van der Waals surface area contributed by atoms with Crippen molar-refractivity contribution in [1.29, 1.82) is 0 Å². The van der Waals surface area contributed by atoms with Crippen LogP contribution in [0.2, 0.25) is 0 Å². The van der Waals surface area contributed by atoms with Gasteiger partial charge in [0.25, 0.3) is 5.56 Å². The molecule has 5 rings (SSSR count). The molecule has 2 heterocycles. The second-order valence-electron chi connectivity index (χ2n) is 8.94. The number of hydrogen-bond donors (Lipinski definition) is 1. The van der Waals surface area contributed by atoms with Gasteiger partial charge in [-0.15, -0.1) is 0 Å². The molecule has 0 spiro atoms. The summed E-state index contributed by atoms with van der Waals surface area (Å²) >= 11 is 0. The summed E-state index contributed by atoms with van der Waals surface area (Å²) in [7, 11) is 0. The second kappa shape index (κ2) is 8.06. The van der Waals surface area contributed by atoms with E-state index in [1.807, 2.05) is 4.90 Å². The molecule has 3 aliphatic rings. The van der Waals surface area contributed by atoms with Crippen LogP contribution in [0.15, 0.2) is 29.1 Å². The molecular formula is C24H26F3N3O2. The van der Waals surface area contributed by atoms with Crippen LogP contribution in [0.5, 0.6) is 0 Å². The Morgan fingerprint density at radius 1 is 1.06 bits per heavy atom. The normalized spacial score (nSPS) is 21.1. The Balaban J connectivity index is 1.71. The Morgan fingerprint density at radius 2 is 1.88 bits per heavy atom. The Bertz CT molecular complexity index is 1140. The number of rotatable bonds is 3. The predicted octanol–water partition coefficient (Wildman–Crippen LogP) is 4.27. The number of aliphatic hydroxyl groups excluding tert-OH is 1. The van der Waals surface area contributed by atoms with Crippen LogP contribution in [0.4, 0.5) is 18.9 Å². The fourth-order valence-electron chi connectivity index (χ4n) is 5.16. The Morgan fingerprint density at radius 3 is 2.56 bits per heavy atom. The maximum absolute atomic E-state index is 14.0. The van der Waals surface area contributed by atoms with Crippen LogP contribution >= 0.6 is 0 Å². The average Bonchev–Trinajstić information content (AvgIpc) is 3.43. The standard InChI is InChI=1S/C24H26F3N3O2/c25-24(26,27)20-10-9-16(29-12-11-17(31)14-29)13-21(20)30-23(32)19-8-4-7-18(19)22(28-30)15-5-2-1-3-6-15/h5,9-10,13,17,31H,1-4,6-8,11-12,14H2/t17-/m0/s1. The fourth-order valence-corrected chi connectivity index (χ4v) is 5.16. The smallest absolute Gasteiger partial charge is 0.391 e. The minimum atomic E-state index is -4.62. The molecule has 8 heteroatoms. The van der Waals surface area contributed by atoms with Crippen LogP contribution in [-0.2, 0) is 19.0 Å². The zero-order valence-electron chi connectivity index (χ0n) is 17.8.